The number of hydrogen-bond donors (Lipinski definition) is 1. The monoisotopic (exact) mass is 268 g/mol. The lowest BCUT2D eigenvalue weighted by molar-refractivity contribution is -0.678. The minimum atomic E-state index is 0. The van der Waals surface area contributed by atoms with Gasteiger partial charge in [0.05, 0.1) is 0 Å². The van der Waals surface area contributed by atoms with Crippen molar-refractivity contribution in [1.29, 1.82) is 0 Å². The van der Waals surface area contributed by atoms with E-state index in [0.29, 0.717) is 10.6 Å². The van der Waals surface area contributed by atoms with Crippen LogP contribution in [0.25, 0.3) is 0 Å². The zero-order valence-corrected chi connectivity index (χ0v) is 10.3. The molecule has 0 fully saturated rings. The molecule has 1 aromatic heterocycles. The van der Waals surface area contributed by atoms with Crippen LogP contribution in [0.4, 0.5) is 0 Å². The minimum absolute atomic E-state index is 0. The van der Waals surface area contributed by atoms with Crippen LogP contribution in [0, 0.1) is 0 Å². The van der Waals surface area contributed by atoms with E-state index in [1.165, 1.54) is 6.07 Å². The molecule has 3 nitrogen and oxygen atoms in total. The van der Waals surface area contributed by atoms with Crippen molar-refractivity contribution in [3.8, 4) is 5.75 Å². The highest BCUT2D eigenvalue weighted by atomic mass is 35.5. The summed E-state index contributed by atoms with van der Waals surface area (Å²) < 4.78 is 1.65. The van der Waals surface area contributed by atoms with Gasteiger partial charge >= 0.3 is 0 Å². The first kappa shape index (κ1) is 13.5. The highest BCUT2D eigenvalue weighted by Crippen LogP contribution is 2.19. The predicted octanol–water partition coefficient (Wildman–Crippen LogP) is -0.781. The lowest BCUT2D eigenvalue weighted by Gasteiger charge is -1.96. The number of nitrogens with zero attached hydrogens (tertiary/aromatic N) is 2. The van der Waals surface area contributed by atoms with Crippen LogP contribution in [0.15, 0.2) is 53.9 Å². The molecular weight excluding hydrogens is 259 g/mol. The number of phenolic OH excluding ortho intramolecular Hbond substituents is 1. The summed E-state index contributed by atoms with van der Waals surface area (Å²) in [6.07, 6.45) is 5.19. The zero-order valence-electron chi connectivity index (χ0n) is 8.79. The number of benzene rings is 1. The van der Waals surface area contributed by atoms with E-state index in [1.807, 2.05) is 30.6 Å². The maximum absolute atomic E-state index is 9.58. The van der Waals surface area contributed by atoms with Gasteiger partial charge in [-0.1, -0.05) is 22.3 Å². The Labute approximate surface area is 110 Å². The average Bonchev–Trinajstić information content (AvgIpc) is 2.29. The lowest BCUT2D eigenvalue weighted by atomic mass is 10.2. The normalized spacial score (nSPS) is 10.2. The van der Waals surface area contributed by atoms with Crippen LogP contribution >= 0.6 is 11.6 Å². The number of pyridine rings is 1. The molecular formula is C12H10Cl2N2O. The third-order valence-electron chi connectivity index (χ3n) is 2.02. The highest BCUT2D eigenvalue weighted by Gasteiger charge is 2.00. The maximum Gasteiger partial charge on any atom is 0.202 e. The number of rotatable bonds is 2. The van der Waals surface area contributed by atoms with E-state index in [4.69, 9.17) is 11.6 Å². The molecule has 17 heavy (non-hydrogen) atoms. The second-order valence-electron chi connectivity index (χ2n) is 3.20. The largest absolute Gasteiger partial charge is 1.00 e. The Morgan fingerprint density at radius 1 is 1.18 bits per heavy atom. The molecule has 0 bridgehead atoms. The number of aromatic hydroxyl groups is 1. The Hall–Kier alpha value is -1.58. The van der Waals surface area contributed by atoms with Crippen molar-refractivity contribution in [3.63, 3.8) is 0 Å². The standard InChI is InChI=1S/C12H9ClN2O.ClH/c13-11-5-4-10(12(16)8-11)9-14-15-6-2-1-3-7-15;/h1-9H;1H. The van der Waals surface area contributed by atoms with Gasteiger partial charge in [-0.25, -0.2) is 0 Å². The van der Waals surface area contributed by atoms with Crippen molar-refractivity contribution in [2.75, 3.05) is 0 Å². The van der Waals surface area contributed by atoms with Gasteiger partial charge in [-0.15, -0.1) is 0 Å². The molecule has 1 heterocycles. The predicted molar refractivity (Wildman–Crippen MR) is 62.7 cm³/mol. The summed E-state index contributed by atoms with van der Waals surface area (Å²) in [5.41, 5.74) is 0.626. The summed E-state index contributed by atoms with van der Waals surface area (Å²) in [5, 5.41) is 14.2. The van der Waals surface area contributed by atoms with Crippen molar-refractivity contribution < 1.29 is 22.2 Å². The van der Waals surface area contributed by atoms with Crippen LogP contribution in [-0.4, -0.2) is 11.3 Å². The molecule has 0 saturated carbocycles. The fraction of sp³-hybridized carbons (Fsp3) is 0. The topological polar surface area (TPSA) is 36.5 Å². The molecule has 0 aliphatic heterocycles. The first-order valence-electron chi connectivity index (χ1n) is 4.75. The van der Waals surface area contributed by atoms with Gasteiger partial charge in [0, 0.05) is 22.7 Å². The fourth-order valence-electron chi connectivity index (χ4n) is 1.22. The van der Waals surface area contributed by atoms with Gasteiger partial charge in [-0.3, -0.25) is 0 Å². The first-order chi connectivity index (χ1) is 7.75. The molecule has 1 N–H and O–H groups in total. The average molecular weight is 269 g/mol. The van der Waals surface area contributed by atoms with Gasteiger partial charge in [-0.05, 0) is 23.3 Å². The molecule has 88 valence electrons. The number of hydrogen-bond acceptors (Lipinski definition) is 2. The van der Waals surface area contributed by atoms with E-state index in [0.717, 1.165) is 0 Å². The van der Waals surface area contributed by atoms with Crippen molar-refractivity contribution in [2.24, 2.45) is 5.10 Å². The van der Waals surface area contributed by atoms with Gasteiger partial charge in [0.25, 0.3) is 0 Å². The summed E-state index contributed by atoms with van der Waals surface area (Å²) in [5.74, 6) is 0.118. The van der Waals surface area contributed by atoms with Gasteiger partial charge in [0.1, 0.15) is 12.0 Å². The van der Waals surface area contributed by atoms with Crippen LogP contribution in [0.2, 0.25) is 5.02 Å². The number of phenols is 1. The number of halogens is 2. The zero-order chi connectivity index (χ0) is 11.4. The Kier molecular flexibility index (Phi) is 4.94. The van der Waals surface area contributed by atoms with E-state index in [2.05, 4.69) is 5.10 Å². The Bertz CT molecular complexity index is 515. The van der Waals surface area contributed by atoms with Gasteiger partial charge in [-0.2, -0.15) is 0 Å². The molecule has 0 aliphatic rings. The first-order valence-corrected chi connectivity index (χ1v) is 5.13. The lowest BCUT2D eigenvalue weighted by Crippen LogP contribution is -3.00. The fourth-order valence-corrected chi connectivity index (χ4v) is 1.39. The summed E-state index contributed by atoms with van der Waals surface area (Å²) in [4.78, 5) is 0. The van der Waals surface area contributed by atoms with Gasteiger partial charge in [0.2, 0.25) is 12.4 Å². The molecule has 5 heteroatoms. The van der Waals surface area contributed by atoms with Gasteiger partial charge in [0.15, 0.2) is 0 Å². The van der Waals surface area contributed by atoms with E-state index in [1.54, 1.807) is 23.0 Å². The van der Waals surface area contributed by atoms with Crippen LogP contribution < -0.4 is 17.1 Å². The highest BCUT2D eigenvalue weighted by molar-refractivity contribution is 6.30. The molecule has 0 atom stereocenters. The third kappa shape index (κ3) is 3.73. The molecule has 0 saturated heterocycles. The second kappa shape index (κ2) is 6.23. The van der Waals surface area contributed by atoms with Crippen LogP contribution in [0.5, 0.6) is 5.75 Å². The van der Waals surface area contributed by atoms with E-state index in [9.17, 15) is 5.11 Å². The molecule has 0 aliphatic carbocycles. The molecule has 2 aromatic rings. The van der Waals surface area contributed by atoms with Crippen molar-refractivity contribution in [3.05, 3.63) is 59.4 Å². The maximum atomic E-state index is 9.58. The van der Waals surface area contributed by atoms with E-state index >= 15 is 0 Å². The summed E-state index contributed by atoms with van der Waals surface area (Å²) >= 11 is 5.72. The molecule has 0 radical (unpaired) electrons. The van der Waals surface area contributed by atoms with Crippen molar-refractivity contribution >= 4 is 17.8 Å². The Morgan fingerprint density at radius 2 is 1.88 bits per heavy atom. The van der Waals surface area contributed by atoms with Crippen molar-refractivity contribution in [2.45, 2.75) is 0 Å². The SMILES string of the molecule is Oc1cc(Cl)ccc1/C=N/[n+]1ccccc1.[Cl-]. The van der Waals surface area contributed by atoms with Crippen molar-refractivity contribution in [1.82, 2.24) is 0 Å². The van der Waals surface area contributed by atoms with Crippen LogP contribution in [-0.2, 0) is 0 Å². The molecule has 2 rings (SSSR count). The molecule has 0 unspecified atom stereocenters. The van der Waals surface area contributed by atoms with E-state index < -0.39 is 0 Å². The van der Waals surface area contributed by atoms with Crippen LogP contribution in [0.1, 0.15) is 5.56 Å². The molecule has 0 amide bonds. The van der Waals surface area contributed by atoms with Crippen LogP contribution in [0.3, 0.4) is 0 Å². The third-order valence-corrected chi connectivity index (χ3v) is 2.26. The number of aromatic nitrogens is 1. The Balaban J connectivity index is 0.00000144. The van der Waals surface area contributed by atoms with E-state index in [-0.39, 0.29) is 18.2 Å². The second-order valence-corrected chi connectivity index (χ2v) is 3.64. The minimum Gasteiger partial charge on any atom is -1.00 e. The van der Waals surface area contributed by atoms with Gasteiger partial charge < -0.3 is 17.5 Å². The summed E-state index contributed by atoms with van der Waals surface area (Å²) in [6, 6.07) is 10.6. The summed E-state index contributed by atoms with van der Waals surface area (Å²) in [7, 11) is 0. The quantitative estimate of drug-likeness (QED) is 0.563. The Morgan fingerprint density at radius 3 is 2.53 bits per heavy atom. The summed E-state index contributed by atoms with van der Waals surface area (Å²) in [6.45, 7) is 0. The molecule has 1 aromatic carbocycles. The smallest absolute Gasteiger partial charge is 0.202 e. The molecule has 0 spiro atoms.